The third kappa shape index (κ3) is 2.71. The second-order valence-corrected chi connectivity index (χ2v) is 8.84. The zero-order chi connectivity index (χ0) is 16.9. The SMILES string of the molecule is CC(=O)N1CCN(Cc2ccc3occc3c2)[C@@H]2CS(=O)(=O)C[C@@H]21. The summed E-state index contributed by atoms with van der Waals surface area (Å²) in [6.07, 6.45) is 1.67. The van der Waals surface area contributed by atoms with Gasteiger partial charge in [0.25, 0.3) is 0 Å². The van der Waals surface area contributed by atoms with Gasteiger partial charge in [-0.15, -0.1) is 0 Å². The summed E-state index contributed by atoms with van der Waals surface area (Å²) >= 11 is 0. The van der Waals surface area contributed by atoms with Gasteiger partial charge in [-0.3, -0.25) is 9.69 Å². The minimum Gasteiger partial charge on any atom is -0.464 e. The molecular weight excluding hydrogens is 328 g/mol. The minimum atomic E-state index is -3.10. The molecule has 0 spiro atoms. The molecule has 4 rings (SSSR count). The van der Waals surface area contributed by atoms with E-state index in [4.69, 9.17) is 4.42 Å². The summed E-state index contributed by atoms with van der Waals surface area (Å²) in [6.45, 7) is 3.48. The van der Waals surface area contributed by atoms with E-state index in [-0.39, 0.29) is 29.5 Å². The molecular formula is C17H20N2O4S. The van der Waals surface area contributed by atoms with Gasteiger partial charge < -0.3 is 9.32 Å². The molecule has 2 atom stereocenters. The first kappa shape index (κ1) is 15.7. The van der Waals surface area contributed by atoms with E-state index in [0.717, 1.165) is 16.5 Å². The van der Waals surface area contributed by atoms with Crippen molar-refractivity contribution in [3.05, 3.63) is 36.1 Å². The molecule has 2 aliphatic rings. The van der Waals surface area contributed by atoms with Gasteiger partial charge in [-0.2, -0.15) is 0 Å². The molecule has 1 aromatic carbocycles. The van der Waals surface area contributed by atoms with Gasteiger partial charge in [0, 0.05) is 38.0 Å². The van der Waals surface area contributed by atoms with Crippen molar-refractivity contribution in [3.63, 3.8) is 0 Å². The number of carbonyl (C=O) groups excluding carboxylic acids is 1. The topological polar surface area (TPSA) is 70.8 Å². The highest BCUT2D eigenvalue weighted by Crippen LogP contribution is 2.29. The van der Waals surface area contributed by atoms with E-state index >= 15 is 0 Å². The number of hydrogen-bond donors (Lipinski definition) is 0. The van der Waals surface area contributed by atoms with Crippen molar-refractivity contribution in [2.45, 2.75) is 25.6 Å². The summed E-state index contributed by atoms with van der Waals surface area (Å²) in [5.41, 5.74) is 1.98. The second-order valence-electron chi connectivity index (χ2n) is 6.69. The summed E-state index contributed by atoms with van der Waals surface area (Å²) in [6, 6.07) is 7.62. The maximum Gasteiger partial charge on any atom is 0.219 e. The van der Waals surface area contributed by atoms with Crippen molar-refractivity contribution in [1.82, 2.24) is 9.80 Å². The highest BCUT2D eigenvalue weighted by atomic mass is 32.2. The first-order valence-electron chi connectivity index (χ1n) is 8.11. The van der Waals surface area contributed by atoms with Gasteiger partial charge in [-0.05, 0) is 23.8 Å². The molecule has 3 heterocycles. The normalized spacial score (nSPS) is 26.6. The number of amides is 1. The van der Waals surface area contributed by atoms with Crippen LogP contribution in [-0.4, -0.2) is 60.8 Å². The van der Waals surface area contributed by atoms with Crippen molar-refractivity contribution in [3.8, 4) is 0 Å². The predicted molar refractivity (Wildman–Crippen MR) is 90.2 cm³/mol. The van der Waals surface area contributed by atoms with Crippen molar-refractivity contribution < 1.29 is 17.6 Å². The molecule has 6 nitrogen and oxygen atoms in total. The lowest BCUT2D eigenvalue weighted by Gasteiger charge is -2.43. The smallest absolute Gasteiger partial charge is 0.219 e. The molecule has 0 unspecified atom stereocenters. The number of benzene rings is 1. The first-order valence-corrected chi connectivity index (χ1v) is 9.93. The highest BCUT2D eigenvalue weighted by Gasteiger charge is 2.47. The Morgan fingerprint density at radius 2 is 2.00 bits per heavy atom. The van der Waals surface area contributed by atoms with Crippen LogP contribution in [0.1, 0.15) is 12.5 Å². The Morgan fingerprint density at radius 1 is 1.21 bits per heavy atom. The van der Waals surface area contributed by atoms with E-state index < -0.39 is 9.84 Å². The Bertz CT molecular complexity index is 889. The van der Waals surface area contributed by atoms with Crippen LogP contribution in [0.2, 0.25) is 0 Å². The minimum absolute atomic E-state index is 0.0402. The molecule has 2 saturated heterocycles. The Morgan fingerprint density at radius 3 is 2.79 bits per heavy atom. The van der Waals surface area contributed by atoms with E-state index in [0.29, 0.717) is 19.6 Å². The summed E-state index contributed by atoms with van der Waals surface area (Å²) in [5, 5.41) is 1.05. The fourth-order valence-corrected chi connectivity index (χ4v) is 5.97. The number of sulfone groups is 1. The molecule has 2 aromatic rings. The van der Waals surface area contributed by atoms with Crippen molar-refractivity contribution in [1.29, 1.82) is 0 Å². The van der Waals surface area contributed by atoms with Crippen LogP contribution in [-0.2, 0) is 21.2 Å². The number of piperazine rings is 1. The average Bonchev–Trinajstić information content (AvgIpc) is 3.09. The third-order valence-electron chi connectivity index (χ3n) is 5.10. The lowest BCUT2D eigenvalue weighted by Crippen LogP contribution is -2.59. The number of carbonyl (C=O) groups is 1. The van der Waals surface area contributed by atoms with Gasteiger partial charge in [0.15, 0.2) is 9.84 Å². The number of nitrogens with zero attached hydrogens (tertiary/aromatic N) is 2. The number of rotatable bonds is 2. The monoisotopic (exact) mass is 348 g/mol. The fraction of sp³-hybridized carbons (Fsp3) is 0.471. The van der Waals surface area contributed by atoms with E-state index in [9.17, 15) is 13.2 Å². The molecule has 24 heavy (non-hydrogen) atoms. The molecule has 128 valence electrons. The van der Waals surface area contributed by atoms with Crippen LogP contribution in [0, 0.1) is 0 Å². The third-order valence-corrected chi connectivity index (χ3v) is 6.80. The van der Waals surface area contributed by atoms with E-state index in [1.807, 2.05) is 18.2 Å². The Labute approximate surface area is 140 Å². The van der Waals surface area contributed by atoms with E-state index in [1.54, 1.807) is 11.2 Å². The van der Waals surface area contributed by atoms with Crippen LogP contribution >= 0.6 is 0 Å². The molecule has 2 fully saturated rings. The largest absolute Gasteiger partial charge is 0.464 e. The Hall–Kier alpha value is -1.86. The molecule has 0 aliphatic carbocycles. The summed E-state index contributed by atoms with van der Waals surface area (Å²) in [7, 11) is -3.10. The summed E-state index contributed by atoms with van der Waals surface area (Å²) in [5.74, 6) is 0.172. The van der Waals surface area contributed by atoms with Gasteiger partial charge in [0.05, 0.1) is 23.8 Å². The Balaban J connectivity index is 1.60. The van der Waals surface area contributed by atoms with Crippen LogP contribution in [0.4, 0.5) is 0 Å². The highest BCUT2D eigenvalue weighted by molar-refractivity contribution is 7.91. The van der Waals surface area contributed by atoms with Crippen molar-refractivity contribution >= 4 is 26.7 Å². The number of hydrogen-bond acceptors (Lipinski definition) is 5. The van der Waals surface area contributed by atoms with Crippen molar-refractivity contribution in [2.24, 2.45) is 0 Å². The van der Waals surface area contributed by atoms with Crippen LogP contribution in [0.15, 0.2) is 34.9 Å². The maximum atomic E-state index is 12.1. The zero-order valence-corrected chi connectivity index (χ0v) is 14.3. The van der Waals surface area contributed by atoms with E-state index in [2.05, 4.69) is 11.0 Å². The molecule has 2 aliphatic heterocycles. The lowest BCUT2D eigenvalue weighted by molar-refractivity contribution is -0.134. The molecule has 0 bridgehead atoms. The average molecular weight is 348 g/mol. The standard InChI is InChI=1S/C17H20N2O4S/c1-12(20)19-6-5-18(15-10-24(21,22)11-16(15)19)9-13-2-3-17-14(8-13)4-7-23-17/h2-4,7-8,15-16H,5-6,9-11H2,1H3/t15-,16+/m1/s1. The summed E-state index contributed by atoms with van der Waals surface area (Å²) < 4.78 is 29.6. The quantitative estimate of drug-likeness (QED) is 0.817. The summed E-state index contributed by atoms with van der Waals surface area (Å²) in [4.78, 5) is 15.8. The predicted octanol–water partition coefficient (Wildman–Crippen LogP) is 1.26. The Kier molecular flexibility index (Phi) is 3.65. The van der Waals surface area contributed by atoms with Crippen LogP contribution in [0.5, 0.6) is 0 Å². The molecule has 0 saturated carbocycles. The van der Waals surface area contributed by atoms with Gasteiger partial charge in [-0.25, -0.2) is 8.42 Å². The first-order chi connectivity index (χ1) is 11.4. The van der Waals surface area contributed by atoms with Gasteiger partial charge >= 0.3 is 0 Å². The van der Waals surface area contributed by atoms with Crippen LogP contribution < -0.4 is 0 Å². The number of fused-ring (bicyclic) bond motifs is 2. The maximum absolute atomic E-state index is 12.1. The molecule has 7 heteroatoms. The zero-order valence-electron chi connectivity index (χ0n) is 13.5. The van der Waals surface area contributed by atoms with Gasteiger partial charge in [0.2, 0.25) is 5.91 Å². The molecule has 0 radical (unpaired) electrons. The lowest BCUT2D eigenvalue weighted by atomic mass is 10.0. The molecule has 1 aromatic heterocycles. The van der Waals surface area contributed by atoms with Gasteiger partial charge in [0.1, 0.15) is 5.58 Å². The van der Waals surface area contributed by atoms with Crippen LogP contribution in [0.3, 0.4) is 0 Å². The van der Waals surface area contributed by atoms with Crippen molar-refractivity contribution in [2.75, 3.05) is 24.6 Å². The van der Waals surface area contributed by atoms with Crippen LogP contribution in [0.25, 0.3) is 11.0 Å². The van der Waals surface area contributed by atoms with Gasteiger partial charge in [-0.1, -0.05) is 6.07 Å². The second kappa shape index (κ2) is 5.60. The fourth-order valence-electron chi connectivity index (χ4n) is 3.96. The number of furan rings is 1. The van der Waals surface area contributed by atoms with E-state index in [1.165, 1.54) is 6.92 Å². The molecule has 1 amide bonds. The molecule has 0 N–H and O–H groups in total.